The van der Waals surface area contributed by atoms with E-state index in [1.54, 1.807) is 36.9 Å². The van der Waals surface area contributed by atoms with Crippen LogP contribution in [0.25, 0.3) is 0 Å². The van der Waals surface area contributed by atoms with Crippen molar-refractivity contribution in [3.8, 4) is 5.75 Å². The van der Waals surface area contributed by atoms with E-state index >= 15 is 0 Å². The Labute approximate surface area is 212 Å². The number of methoxy groups -OCH3 is 2. The fourth-order valence-electron chi connectivity index (χ4n) is 4.91. The highest BCUT2D eigenvalue weighted by atomic mass is 35.5. The number of halogens is 1. The Morgan fingerprint density at radius 1 is 1.31 bits per heavy atom. The lowest BCUT2D eigenvalue weighted by Crippen LogP contribution is -2.63. The smallest absolute Gasteiger partial charge is 0.479 e. The number of nitro benzene ring substituents is 1. The van der Waals surface area contributed by atoms with Crippen LogP contribution in [0.2, 0.25) is 5.02 Å². The largest absolute Gasteiger partial charge is 0.510 e. The number of nitrogens with zero attached hydrogens (tertiary/aromatic N) is 2. The Bertz CT molecular complexity index is 1160. The molecule has 2 aromatic rings. The zero-order valence-electron chi connectivity index (χ0n) is 20.2. The molecule has 0 saturated heterocycles. The third kappa shape index (κ3) is 4.43. The molecule has 11 nitrogen and oxygen atoms in total. The fraction of sp³-hybridized carbons (Fsp3) is 0.458. The van der Waals surface area contributed by atoms with Gasteiger partial charge in [0, 0.05) is 49.0 Å². The Morgan fingerprint density at radius 3 is 2.67 bits per heavy atom. The third-order valence-electron chi connectivity index (χ3n) is 6.45. The third-order valence-corrected chi connectivity index (χ3v) is 6.69. The van der Waals surface area contributed by atoms with Crippen molar-refractivity contribution in [3.63, 3.8) is 0 Å². The second kappa shape index (κ2) is 10.1. The van der Waals surface area contributed by atoms with Gasteiger partial charge in [-0.25, -0.2) is 4.79 Å². The van der Waals surface area contributed by atoms with Crippen molar-refractivity contribution in [1.82, 2.24) is 0 Å². The lowest BCUT2D eigenvalue weighted by molar-refractivity contribution is -0.385. The number of benzene rings is 2. The van der Waals surface area contributed by atoms with E-state index < -0.39 is 41.3 Å². The lowest BCUT2D eigenvalue weighted by atomic mass is 9.83. The molecule has 0 aliphatic carbocycles. The van der Waals surface area contributed by atoms with Gasteiger partial charge in [-0.2, -0.15) is 0 Å². The summed E-state index contributed by atoms with van der Waals surface area (Å²) in [6.07, 6.45) is -3.91. The number of carbonyl (C=O) groups excluding carboxylic acids is 1. The van der Waals surface area contributed by atoms with E-state index in [2.05, 4.69) is 0 Å². The Balaban J connectivity index is 1.91. The molecule has 12 heteroatoms. The number of aliphatic hydroxyl groups excluding tert-OH is 1. The molecule has 0 amide bonds. The van der Waals surface area contributed by atoms with Gasteiger partial charge in [0.2, 0.25) is 0 Å². The molecule has 0 saturated carbocycles. The molecule has 0 fully saturated rings. The van der Waals surface area contributed by atoms with Crippen LogP contribution in [0.3, 0.4) is 0 Å². The van der Waals surface area contributed by atoms with Gasteiger partial charge in [-0.3, -0.25) is 10.1 Å². The fourth-order valence-corrected chi connectivity index (χ4v) is 5.10. The summed E-state index contributed by atoms with van der Waals surface area (Å²) in [4.78, 5) is 25.1. The molecule has 2 aliphatic heterocycles. The first-order valence-corrected chi connectivity index (χ1v) is 11.6. The van der Waals surface area contributed by atoms with Crippen LogP contribution < -0.4 is 9.64 Å². The van der Waals surface area contributed by atoms with Gasteiger partial charge in [-0.1, -0.05) is 11.6 Å². The molecule has 36 heavy (non-hydrogen) atoms. The Kier molecular flexibility index (Phi) is 7.28. The van der Waals surface area contributed by atoms with Gasteiger partial charge in [0.05, 0.1) is 17.6 Å². The minimum absolute atomic E-state index is 0.112. The number of fused-ring (bicyclic) bond motifs is 2. The van der Waals surface area contributed by atoms with Crippen molar-refractivity contribution in [3.05, 3.63) is 62.7 Å². The van der Waals surface area contributed by atoms with Gasteiger partial charge in [0.1, 0.15) is 11.9 Å². The van der Waals surface area contributed by atoms with Crippen molar-refractivity contribution < 1.29 is 38.5 Å². The molecule has 2 aromatic carbocycles. The first-order valence-electron chi connectivity index (χ1n) is 11.3. The van der Waals surface area contributed by atoms with E-state index in [1.165, 1.54) is 32.4 Å². The predicted molar refractivity (Wildman–Crippen MR) is 128 cm³/mol. The predicted octanol–water partition coefficient (Wildman–Crippen LogP) is 3.98. The topological polar surface area (TPSA) is 130 Å². The molecule has 0 radical (unpaired) electrons. The highest BCUT2D eigenvalue weighted by Crippen LogP contribution is 2.50. The van der Waals surface area contributed by atoms with Crippen LogP contribution in [-0.2, 0) is 25.4 Å². The maximum atomic E-state index is 12.3. The number of carbonyl (C=O) groups is 1. The number of rotatable bonds is 7. The van der Waals surface area contributed by atoms with Crippen LogP contribution in [0, 0.1) is 10.1 Å². The van der Waals surface area contributed by atoms with Crippen molar-refractivity contribution in [2.75, 3.05) is 25.7 Å². The monoisotopic (exact) mass is 522 g/mol. The average Bonchev–Trinajstić information content (AvgIpc) is 3.16. The van der Waals surface area contributed by atoms with Gasteiger partial charge in [0.25, 0.3) is 5.69 Å². The molecule has 194 valence electrons. The number of anilines is 1. The molecule has 0 unspecified atom stereocenters. The van der Waals surface area contributed by atoms with Crippen molar-refractivity contribution in [2.24, 2.45) is 0 Å². The summed E-state index contributed by atoms with van der Waals surface area (Å²) in [6, 6.07) is 8.31. The lowest BCUT2D eigenvalue weighted by Gasteiger charge is -2.50. The van der Waals surface area contributed by atoms with E-state index in [0.717, 1.165) is 5.56 Å². The van der Waals surface area contributed by atoms with Gasteiger partial charge in [-0.15, -0.1) is 0 Å². The minimum Gasteiger partial charge on any atom is -0.479 e. The normalized spacial score (nSPS) is 24.6. The zero-order valence-corrected chi connectivity index (χ0v) is 20.9. The van der Waals surface area contributed by atoms with Gasteiger partial charge in [-0.05, 0) is 43.7 Å². The average molecular weight is 523 g/mol. The van der Waals surface area contributed by atoms with Crippen molar-refractivity contribution >= 4 is 29.1 Å². The molecule has 4 rings (SSSR count). The zero-order chi connectivity index (χ0) is 26.2. The number of ether oxygens (including phenoxy) is 5. The standard InChI is InChI=1S/C24H27ClN2O9/c1-5-34-23(29)35-19-11-13-10-14(25)6-8-17(13)26(19)20-16-12-15(27(30)31)7-9-18(16)36-24(2,21(20)28)22(32-3)33-4/h6-10,12,19-22,28H,5,11H2,1-4H3/t19-,20-,21+,24+/m1/s1. The molecule has 0 spiro atoms. The van der Waals surface area contributed by atoms with Crippen LogP contribution in [-0.4, -0.2) is 61.2 Å². The Hall–Kier alpha value is -3.12. The van der Waals surface area contributed by atoms with E-state index in [0.29, 0.717) is 16.3 Å². The summed E-state index contributed by atoms with van der Waals surface area (Å²) in [5.41, 5.74) is 0.0954. The quantitative estimate of drug-likeness (QED) is 0.246. The van der Waals surface area contributed by atoms with Gasteiger partial charge >= 0.3 is 6.16 Å². The van der Waals surface area contributed by atoms with Crippen LogP contribution >= 0.6 is 11.6 Å². The first kappa shape index (κ1) is 26.0. The molecule has 0 aromatic heterocycles. The summed E-state index contributed by atoms with van der Waals surface area (Å²) in [7, 11) is 2.82. The van der Waals surface area contributed by atoms with E-state index in [-0.39, 0.29) is 24.5 Å². The molecule has 0 bridgehead atoms. The second-order valence-corrected chi connectivity index (χ2v) is 9.03. The summed E-state index contributed by atoms with van der Waals surface area (Å²) >= 11 is 6.22. The summed E-state index contributed by atoms with van der Waals surface area (Å²) in [5, 5.41) is 23.9. The molecular weight excluding hydrogens is 496 g/mol. The molecule has 4 atom stereocenters. The molecule has 1 N–H and O–H groups in total. The summed E-state index contributed by atoms with van der Waals surface area (Å²) < 4.78 is 27.7. The Morgan fingerprint density at radius 2 is 2.03 bits per heavy atom. The number of non-ortho nitro benzene ring substituents is 1. The number of hydrogen-bond donors (Lipinski definition) is 1. The van der Waals surface area contributed by atoms with Crippen LogP contribution in [0.4, 0.5) is 16.2 Å². The van der Waals surface area contributed by atoms with Gasteiger partial charge < -0.3 is 33.7 Å². The van der Waals surface area contributed by atoms with Crippen molar-refractivity contribution in [2.45, 2.75) is 50.5 Å². The number of nitro groups is 1. The molecule has 2 aliphatic rings. The van der Waals surface area contributed by atoms with E-state index in [4.69, 9.17) is 35.3 Å². The summed E-state index contributed by atoms with van der Waals surface area (Å²) in [6.45, 7) is 3.38. The molecule has 2 heterocycles. The van der Waals surface area contributed by atoms with Crippen LogP contribution in [0.1, 0.15) is 31.0 Å². The van der Waals surface area contributed by atoms with E-state index in [1.807, 2.05) is 0 Å². The molecular formula is C24H27ClN2O9. The maximum absolute atomic E-state index is 12.3. The summed E-state index contributed by atoms with van der Waals surface area (Å²) in [5.74, 6) is 0.287. The number of hydrogen-bond acceptors (Lipinski definition) is 10. The minimum atomic E-state index is -1.44. The maximum Gasteiger partial charge on any atom is 0.510 e. The highest BCUT2D eigenvalue weighted by molar-refractivity contribution is 6.30. The second-order valence-electron chi connectivity index (χ2n) is 8.60. The SMILES string of the molecule is CCOC(=O)O[C@@H]1Cc2cc(Cl)ccc2N1[C@@H]1c2cc([N+](=O)[O-])ccc2O[C@](C)(C(OC)OC)[C@H]1O. The first-order chi connectivity index (χ1) is 17.1. The number of aliphatic hydroxyl groups is 1. The van der Waals surface area contributed by atoms with E-state index in [9.17, 15) is 20.0 Å². The van der Waals surface area contributed by atoms with Crippen LogP contribution in [0.15, 0.2) is 36.4 Å². The highest BCUT2D eigenvalue weighted by Gasteiger charge is 2.56. The van der Waals surface area contributed by atoms with Crippen molar-refractivity contribution in [1.29, 1.82) is 0 Å². The van der Waals surface area contributed by atoms with Gasteiger partial charge in [0.15, 0.2) is 18.1 Å². The van der Waals surface area contributed by atoms with Crippen LogP contribution in [0.5, 0.6) is 5.75 Å².